The standard InChI is InChI=1S/C10H13NO3/c1-6(5-11)7-3-4-8(12)9(7)10(13)14-2/h6-7,9H,3-4H2,1-2H3/t6-,7-,9-/m0/s1. The van der Waals surface area contributed by atoms with E-state index in [1.165, 1.54) is 7.11 Å². The minimum atomic E-state index is -0.713. The summed E-state index contributed by atoms with van der Waals surface area (Å²) in [7, 11) is 1.27. The van der Waals surface area contributed by atoms with E-state index in [0.29, 0.717) is 12.8 Å². The normalized spacial score (nSPS) is 28.2. The molecule has 0 amide bonds. The van der Waals surface area contributed by atoms with Crippen LogP contribution in [0.1, 0.15) is 19.8 Å². The number of methoxy groups -OCH3 is 1. The van der Waals surface area contributed by atoms with Crippen molar-refractivity contribution in [3.05, 3.63) is 0 Å². The van der Waals surface area contributed by atoms with Gasteiger partial charge in [0, 0.05) is 12.3 Å². The van der Waals surface area contributed by atoms with E-state index in [2.05, 4.69) is 10.8 Å². The molecular formula is C10H13NO3. The Labute approximate surface area is 82.8 Å². The number of esters is 1. The number of hydrogen-bond donors (Lipinski definition) is 0. The Kier molecular flexibility index (Phi) is 3.23. The third-order valence-corrected chi connectivity index (χ3v) is 2.80. The zero-order valence-electron chi connectivity index (χ0n) is 8.32. The van der Waals surface area contributed by atoms with Crippen LogP contribution in [-0.2, 0) is 14.3 Å². The molecule has 14 heavy (non-hydrogen) atoms. The molecule has 0 aromatic heterocycles. The summed E-state index contributed by atoms with van der Waals surface area (Å²) < 4.78 is 4.56. The van der Waals surface area contributed by atoms with Crippen molar-refractivity contribution in [1.82, 2.24) is 0 Å². The van der Waals surface area contributed by atoms with Crippen molar-refractivity contribution >= 4 is 11.8 Å². The number of rotatable bonds is 2. The average molecular weight is 195 g/mol. The molecule has 1 aliphatic rings. The van der Waals surface area contributed by atoms with Gasteiger partial charge in [-0.05, 0) is 19.3 Å². The Morgan fingerprint density at radius 2 is 2.36 bits per heavy atom. The first-order valence-electron chi connectivity index (χ1n) is 4.62. The van der Waals surface area contributed by atoms with E-state index in [0.717, 1.165) is 0 Å². The molecule has 0 bridgehead atoms. The quantitative estimate of drug-likeness (QED) is 0.485. The van der Waals surface area contributed by atoms with E-state index in [1.54, 1.807) is 6.92 Å². The Morgan fingerprint density at radius 1 is 1.71 bits per heavy atom. The van der Waals surface area contributed by atoms with Crippen LogP contribution in [0, 0.1) is 29.1 Å². The van der Waals surface area contributed by atoms with Gasteiger partial charge >= 0.3 is 5.97 Å². The van der Waals surface area contributed by atoms with Gasteiger partial charge in [-0.25, -0.2) is 0 Å². The molecule has 0 N–H and O–H groups in total. The zero-order chi connectivity index (χ0) is 10.7. The van der Waals surface area contributed by atoms with Gasteiger partial charge in [0.1, 0.15) is 11.7 Å². The van der Waals surface area contributed by atoms with E-state index in [9.17, 15) is 9.59 Å². The SMILES string of the molecule is COC(=O)[C@@H]1C(=O)CC[C@H]1[C@@H](C)C#N. The summed E-state index contributed by atoms with van der Waals surface area (Å²) in [6.45, 7) is 1.74. The lowest BCUT2D eigenvalue weighted by Gasteiger charge is -2.17. The highest BCUT2D eigenvalue weighted by Gasteiger charge is 2.43. The predicted molar refractivity (Wildman–Crippen MR) is 48.0 cm³/mol. The van der Waals surface area contributed by atoms with Crippen LogP contribution in [0.5, 0.6) is 0 Å². The monoisotopic (exact) mass is 195 g/mol. The summed E-state index contributed by atoms with van der Waals surface area (Å²) in [5.41, 5.74) is 0. The molecule has 0 saturated heterocycles. The first kappa shape index (κ1) is 10.7. The zero-order valence-corrected chi connectivity index (χ0v) is 8.32. The highest BCUT2D eigenvalue weighted by Crippen LogP contribution is 2.34. The summed E-state index contributed by atoms with van der Waals surface area (Å²) in [5, 5.41) is 8.74. The van der Waals surface area contributed by atoms with Gasteiger partial charge in [0.05, 0.1) is 13.2 Å². The minimum Gasteiger partial charge on any atom is -0.468 e. The molecule has 0 radical (unpaired) electrons. The molecule has 0 unspecified atom stereocenters. The molecule has 4 heteroatoms. The van der Waals surface area contributed by atoms with Gasteiger partial charge in [-0.3, -0.25) is 9.59 Å². The number of carbonyl (C=O) groups excluding carboxylic acids is 2. The van der Waals surface area contributed by atoms with Crippen molar-refractivity contribution < 1.29 is 14.3 Å². The van der Waals surface area contributed by atoms with E-state index >= 15 is 0 Å². The Hall–Kier alpha value is -1.37. The van der Waals surface area contributed by atoms with Crippen molar-refractivity contribution in [2.24, 2.45) is 17.8 Å². The number of ether oxygens (including phenoxy) is 1. The highest BCUT2D eigenvalue weighted by atomic mass is 16.5. The Morgan fingerprint density at radius 3 is 2.86 bits per heavy atom. The fourth-order valence-electron chi connectivity index (χ4n) is 1.94. The largest absolute Gasteiger partial charge is 0.468 e. The summed E-state index contributed by atoms with van der Waals surface area (Å²) in [6.07, 6.45) is 1.00. The fraction of sp³-hybridized carbons (Fsp3) is 0.700. The maximum Gasteiger partial charge on any atom is 0.316 e. The maximum absolute atomic E-state index is 11.4. The molecule has 1 saturated carbocycles. The molecule has 0 aliphatic heterocycles. The van der Waals surface area contributed by atoms with E-state index in [1.807, 2.05) is 0 Å². The van der Waals surface area contributed by atoms with Gasteiger partial charge in [0.15, 0.2) is 0 Å². The average Bonchev–Trinajstić information content (AvgIpc) is 2.58. The van der Waals surface area contributed by atoms with Crippen LogP contribution in [0.4, 0.5) is 0 Å². The van der Waals surface area contributed by atoms with Gasteiger partial charge in [0.25, 0.3) is 0 Å². The minimum absolute atomic E-state index is 0.0936. The molecule has 0 aromatic carbocycles. The third kappa shape index (κ3) is 1.77. The number of hydrogen-bond acceptors (Lipinski definition) is 4. The van der Waals surface area contributed by atoms with E-state index in [-0.39, 0.29) is 17.6 Å². The molecule has 1 aliphatic carbocycles. The number of nitriles is 1. The van der Waals surface area contributed by atoms with Crippen LogP contribution in [0.25, 0.3) is 0 Å². The number of ketones is 1. The van der Waals surface area contributed by atoms with Crippen LogP contribution in [0.15, 0.2) is 0 Å². The number of carbonyl (C=O) groups is 2. The van der Waals surface area contributed by atoms with Crippen molar-refractivity contribution in [2.75, 3.05) is 7.11 Å². The van der Waals surface area contributed by atoms with Crippen molar-refractivity contribution in [3.63, 3.8) is 0 Å². The molecule has 3 atom stereocenters. The van der Waals surface area contributed by atoms with E-state index in [4.69, 9.17) is 5.26 Å². The second-order valence-electron chi connectivity index (χ2n) is 3.59. The van der Waals surface area contributed by atoms with Crippen LogP contribution in [-0.4, -0.2) is 18.9 Å². The molecule has 1 rings (SSSR count). The van der Waals surface area contributed by atoms with Gasteiger partial charge < -0.3 is 4.74 Å². The predicted octanol–water partition coefficient (Wildman–Crippen LogP) is 0.914. The lowest BCUT2D eigenvalue weighted by molar-refractivity contribution is -0.150. The highest BCUT2D eigenvalue weighted by molar-refractivity contribution is 6.00. The lowest BCUT2D eigenvalue weighted by atomic mass is 9.85. The van der Waals surface area contributed by atoms with Crippen LogP contribution in [0.3, 0.4) is 0 Å². The summed E-state index contributed by atoms with van der Waals surface area (Å²) in [4.78, 5) is 22.7. The molecule has 0 spiro atoms. The Balaban J connectivity index is 2.83. The number of Topliss-reactive ketones (excluding diaryl/α,β-unsaturated/α-hetero) is 1. The molecular weight excluding hydrogens is 182 g/mol. The van der Waals surface area contributed by atoms with E-state index < -0.39 is 11.9 Å². The van der Waals surface area contributed by atoms with Crippen LogP contribution < -0.4 is 0 Å². The summed E-state index contributed by atoms with van der Waals surface area (Å²) in [6, 6.07) is 2.08. The van der Waals surface area contributed by atoms with Gasteiger partial charge in [-0.1, -0.05) is 0 Å². The van der Waals surface area contributed by atoms with Gasteiger partial charge in [0.2, 0.25) is 0 Å². The molecule has 76 valence electrons. The van der Waals surface area contributed by atoms with Crippen molar-refractivity contribution in [2.45, 2.75) is 19.8 Å². The van der Waals surface area contributed by atoms with Crippen molar-refractivity contribution in [1.29, 1.82) is 5.26 Å². The second-order valence-corrected chi connectivity index (χ2v) is 3.59. The summed E-state index contributed by atoms with van der Waals surface area (Å²) in [5.74, 6) is -1.75. The summed E-state index contributed by atoms with van der Waals surface area (Å²) >= 11 is 0. The smallest absolute Gasteiger partial charge is 0.316 e. The number of nitrogens with zero attached hydrogens (tertiary/aromatic N) is 1. The van der Waals surface area contributed by atoms with Gasteiger partial charge in [-0.15, -0.1) is 0 Å². The first-order chi connectivity index (χ1) is 6.61. The molecule has 0 aromatic rings. The Bertz CT molecular complexity index is 292. The second kappa shape index (κ2) is 4.23. The first-order valence-corrected chi connectivity index (χ1v) is 4.62. The van der Waals surface area contributed by atoms with Crippen LogP contribution >= 0.6 is 0 Å². The fourth-order valence-corrected chi connectivity index (χ4v) is 1.94. The molecule has 4 nitrogen and oxygen atoms in total. The third-order valence-electron chi connectivity index (χ3n) is 2.80. The van der Waals surface area contributed by atoms with Crippen LogP contribution in [0.2, 0.25) is 0 Å². The molecule has 1 fully saturated rings. The molecule has 0 heterocycles. The van der Waals surface area contributed by atoms with Gasteiger partial charge in [-0.2, -0.15) is 5.26 Å². The topological polar surface area (TPSA) is 67.2 Å². The maximum atomic E-state index is 11.4. The van der Waals surface area contributed by atoms with Crippen molar-refractivity contribution in [3.8, 4) is 6.07 Å². The lowest BCUT2D eigenvalue weighted by Crippen LogP contribution is -2.29.